The van der Waals surface area contributed by atoms with Gasteiger partial charge < -0.3 is 15.0 Å². The Balaban J connectivity index is 1.23. The number of nitrogens with zero attached hydrogens (tertiary/aromatic N) is 2. The molecule has 3 fully saturated rings. The average Bonchev–Trinajstić information content (AvgIpc) is 3.34. The first-order valence-corrected chi connectivity index (χ1v) is 9.27. The predicted molar refractivity (Wildman–Crippen MR) is 91.2 cm³/mol. The topological polar surface area (TPSA) is 54.5 Å². The van der Waals surface area contributed by atoms with E-state index in [0.717, 1.165) is 24.6 Å². The van der Waals surface area contributed by atoms with Gasteiger partial charge in [-0.2, -0.15) is 0 Å². The van der Waals surface area contributed by atoms with Crippen LogP contribution >= 0.6 is 0 Å². The van der Waals surface area contributed by atoms with Crippen molar-refractivity contribution in [2.24, 2.45) is 17.8 Å². The van der Waals surface area contributed by atoms with E-state index in [1.165, 1.54) is 32.4 Å². The fourth-order valence-corrected chi connectivity index (χ4v) is 4.16. The Morgan fingerprint density at radius 2 is 2.29 bits per heavy atom. The molecule has 2 aliphatic heterocycles. The number of piperidine rings is 1. The van der Waals surface area contributed by atoms with E-state index >= 15 is 0 Å². The molecule has 0 aromatic carbocycles. The van der Waals surface area contributed by atoms with Crippen LogP contribution in [0.25, 0.3) is 0 Å². The molecule has 3 aliphatic rings. The van der Waals surface area contributed by atoms with E-state index in [1.807, 2.05) is 12.1 Å². The van der Waals surface area contributed by atoms with Crippen molar-refractivity contribution in [2.45, 2.75) is 38.3 Å². The van der Waals surface area contributed by atoms with Crippen molar-refractivity contribution >= 4 is 5.91 Å². The van der Waals surface area contributed by atoms with Crippen LogP contribution < -0.4 is 5.32 Å². The zero-order chi connectivity index (χ0) is 16.4. The van der Waals surface area contributed by atoms with Crippen molar-refractivity contribution < 1.29 is 9.53 Å². The molecule has 3 atom stereocenters. The quantitative estimate of drug-likeness (QED) is 0.865. The minimum atomic E-state index is 0.0879. The largest absolute Gasteiger partial charge is 0.377 e. The van der Waals surface area contributed by atoms with E-state index < -0.39 is 0 Å². The van der Waals surface area contributed by atoms with Gasteiger partial charge in [-0.25, -0.2) is 0 Å². The zero-order valence-electron chi connectivity index (χ0n) is 14.2. The summed E-state index contributed by atoms with van der Waals surface area (Å²) in [5.74, 6) is 2.22. The van der Waals surface area contributed by atoms with Gasteiger partial charge in [-0.1, -0.05) is 6.07 Å². The first-order chi connectivity index (χ1) is 11.8. The Morgan fingerprint density at radius 1 is 1.38 bits per heavy atom. The van der Waals surface area contributed by atoms with Gasteiger partial charge in [0.1, 0.15) is 0 Å². The summed E-state index contributed by atoms with van der Waals surface area (Å²) in [4.78, 5) is 18.9. The van der Waals surface area contributed by atoms with E-state index in [4.69, 9.17) is 4.74 Å². The Labute approximate surface area is 143 Å². The minimum absolute atomic E-state index is 0.0879. The van der Waals surface area contributed by atoms with Gasteiger partial charge in [0.05, 0.1) is 19.1 Å². The van der Waals surface area contributed by atoms with Crippen molar-refractivity contribution in [1.29, 1.82) is 0 Å². The van der Waals surface area contributed by atoms with Crippen molar-refractivity contribution in [3.8, 4) is 0 Å². The number of carbonyl (C=O) groups is 1. The lowest BCUT2D eigenvalue weighted by Gasteiger charge is -2.35. The maximum atomic E-state index is 12.2. The van der Waals surface area contributed by atoms with E-state index in [1.54, 1.807) is 12.4 Å². The molecule has 5 heteroatoms. The summed E-state index contributed by atoms with van der Waals surface area (Å²) in [5.41, 5.74) is 1.03. The maximum absolute atomic E-state index is 12.2. The number of hydrogen-bond acceptors (Lipinski definition) is 4. The molecule has 2 saturated heterocycles. The third-order valence-electron chi connectivity index (χ3n) is 5.69. The molecule has 0 bridgehead atoms. The van der Waals surface area contributed by atoms with Gasteiger partial charge in [0.15, 0.2) is 0 Å². The molecule has 0 spiro atoms. The second kappa shape index (κ2) is 7.19. The van der Waals surface area contributed by atoms with E-state index in [9.17, 15) is 4.79 Å². The lowest BCUT2D eigenvalue weighted by molar-refractivity contribution is -0.124. The highest BCUT2D eigenvalue weighted by Gasteiger charge is 2.42. The zero-order valence-corrected chi connectivity index (χ0v) is 14.2. The van der Waals surface area contributed by atoms with Gasteiger partial charge in [0.25, 0.3) is 0 Å². The molecule has 1 aromatic heterocycles. The molecular formula is C19H27N3O2. The molecule has 1 N–H and O–H groups in total. The Kier molecular flexibility index (Phi) is 4.81. The summed E-state index contributed by atoms with van der Waals surface area (Å²) in [6, 6.07) is 3.87. The predicted octanol–water partition coefficient (Wildman–Crippen LogP) is 1.83. The molecule has 130 valence electrons. The summed E-state index contributed by atoms with van der Waals surface area (Å²) in [6.45, 7) is 4.98. The van der Waals surface area contributed by atoms with Crippen molar-refractivity contribution in [3.05, 3.63) is 30.1 Å². The Bertz CT molecular complexity index is 561. The van der Waals surface area contributed by atoms with Gasteiger partial charge in [0.2, 0.25) is 5.91 Å². The van der Waals surface area contributed by atoms with Gasteiger partial charge in [0, 0.05) is 37.9 Å². The number of fused-ring (bicyclic) bond motifs is 1. The van der Waals surface area contributed by atoms with E-state index in [-0.39, 0.29) is 12.0 Å². The molecular weight excluding hydrogens is 302 g/mol. The number of aromatic nitrogens is 1. The van der Waals surface area contributed by atoms with Crippen LogP contribution in [0.5, 0.6) is 0 Å². The normalized spacial score (nSPS) is 30.1. The molecule has 0 radical (unpaired) electrons. The average molecular weight is 329 g/mol. The number of rotatable bonds is 6. The number of ether oxygens (including phenoxy) is 1. The number of amides is 1. The fourth-order valence-electron chi connectivity index (χ4n) is 4.16. The van der Waals surface area contributed by atoms with Crippen LogP contribution in [0.4, 0.5) is 0 Å². The Hall–Kier alpha value is -1.46. The van der Waals surface area contributed by atoms with Crippen LogP contribution in [0.2, 0.25) is 0 Å². The maximum Gasteiger partial charge on any atom is 0.222 e. The lowest BCUT2D eigenvalue weighted by atomic mass is 9.83. The number of pyridine rings is 1. The van der Waals surface area contributed by atoms with Gasteiger partial charge in [-0.05, 0) is 49.3 Å². The highest BCUT2D eigenvalue weighted by molar-refractivity contribution is 5.76. The minimum Gasteiger partial charge on any atom is -0.377 e. The highest BCUT2D eigenvalue weighted by Crippen LogP contribution is 2.37. The molecule has 1 saturated carbocycles. The second-order valence-corrected chi connectivity index (χ2v) is 7.63. The second-order valence-electron chi connectivity index (χ2n) is 7.63. The van der Waals surface area contributed by atoms with Crippen molar-refractivity contribution in [3.63, 3.8) is 0 Å². The third kappa shape index (κ3) is 3.95. The molecule has 1 aliphatic carbocycles. The number of likely N-dealkylation sites (tertiary alicyclic amines) is 1. The van der Waals surface area contributed by atoms with E-state index in [2.05, 4.69) is 15.2 Å². The van der Waals surface area contributed by atoms with Crippen LogP contribution in [0, 0.1) is 17.8 Å². The molecule has 5 nitrogen and oxygen atoms in total. The monoisotopic (exact) mass is 329 g/mol. The summed E-state index contributed by atoms with van der Waals surface area (Å²) in [6.07, 6.45) is 8.14. The first kappa shape index (κ1) is 16.0. The molecule has 24 heavy (non-hydrogen) atoms. The summed E-state index contributed by atoms with van der Waals surface area (Å²) >= 11 is 0. The van der Waals surface area contributed by atoms with Gasteiger partial charge >= 0.3 is 0 Å². The van der Waals surface area contributed by atoms with E-state index in [0.29, 0.717) is 24.8 Å². The van der Waals surface area contributed by atoms with Crippen LogP contribution in [0.15, 0.2) is 24.5 Å². The summed E-state index contributed by atoms with van der Waals surface area (Å²) in [5, 5.41) is 3.00. The molecule has 0 unspecified atom stereocenters. The smallest absolute Gasteiger partial charge is 0.222 e. The molecule has 4 rings (SSSR count). The molecule has 1 amide bonds. The highest BCUT2D eigenvalue weighted by atomic mass is 16.5. The molecule has 3 heterocycles. The standard InChI is InChI=1S/C19H27N3O2/c23-19(21-10-15-2-1-6-20-9-15)8-18-17-5-7-22(11-14-3-4-14)12-16(17)13-24-18/h1-2,6,9,14,16-18H,3-5,7-8,10-13H2,(H,21,23)/t16-,17-,18+/m1/s1. The van der Waals surface area contributed by atoms with Crippen LogP contribution in [0.3, 0.4) is 0 Å². The summed E-state index contributed by atoms with van der Waals surface area (Å²) in [7, 11) is 0. The molecule has 1 aromatic rings. The third-order valence-corrected chi connectivity index (χ3v) is 5.69. The Morgan fingerprint density at radius 3 is 3.08 bits per heavy atom. The van der Waals surface area contributed by atoms with Crippen LogP contribution in [-0.4, -0.2) is 48.1 Å². The van der Waals surface area contributed by atoms with Crippen LogP contribution in [0.1, 0.15) is 31.2 Å². The van der Waals surface area contributed by atoms with Gasteiger partial charge in [-0.15, -0.1) is 0 Å². The SMILES string of the molecule is O=C(C[C@@H]1OC[C@H]2CN(CC3CC3)CC[C@H]21)NCc1cccnc1. The van der Waals surface area contributed by atoms with Gasteiger partial charge in [-0.3, -0.25) is 9.78 Å². The summed E-state index contributed by atoms with van der Waals surface area (Å²) < 4.78 is 5.99. The first-order valence-electron chi connectivity index (χ1n) is 9.27. The van der Waals surface area contributed by atoms with Crippen molar-refractivity contribution in [2.75, 3.05) is 26.2 Å². The van der Waals surface area contributed by atoms with Crippen molar-refractivity contribution in [1.82, 2.24) is 15.2 Å². The lowest BCUT2D eigenvalue weighted by Crippen LogP contribution is -2.43. The van der Waals surface area contributed by atoms with Crippen LogP contribution in [-0.2, 0) is 16.1 Å². The number of hydrogen-bond donors (Lipinski definition) is 1. The number of carbonyl (C=O) groups excluding carboxylic acids is 1. The number of nitrogens with one attached hydrogen (secondary N) is 1. The fraction of sp³-hybridized carbons (Fsp3) is 0.684.